The fraction of sp³-hybridized carbons (Fsp3) is 0.364. The molecular formula is C11H14ClN5OS. The van der Waals surface area contributed by atoms with Crippen molar-refractivity contribution in [1.82, 2.24) is 20.2 Å². The van der Waals surface area contributed by atoms with E-state index in [1.807, 2.05) is 0 Å². The molecule has 1 aromatic heterocycles. The van der Waals surface area contributed by atoms with Gasteiger partial charge in [-0.3, -0.25) is 4.90 Å². The zero-order valence-electron chi connectivity index (χ0n) is 10.1. The smallest absolute Gasteiger partial charge is 0.322 e. The fourth-order valence-corrected chi connectivity index (χ4v) is 2.98. The van der Waals surface area contributed by atoms with Crippen LogP contribution in [0.4, 0.5) is 4.79 Å². The minimum Gasteiger partial charge on any atom is -0.330 e. The van der Waals surface area contributed by atoms with E-state index >= 15 is 0 Å². The van der Waals surface area contributed by atoms with Crippen LogP contribution in [0.15, 0.2) is 29.0 Å². The third kappa shape index (κ3) is 3.82. The fourth-order valence-electron chi connectivity index (χ4n) is 1.61. The number of nitrogens with zero attached hydrogens (tertiary/aromatic N) is 3. The van der Waals surface area contributed by atoms with E-state index < -0.39 is 0 Å². The van der Waals surface area contributed by atoms with Crippen molar-refractivity contribution in [2.45, 2.75) is 18.3 Å². The predicted molar refractivity (Wildman–Crippen MR) is 75.1 cm³/mol. The largest absolute Gasteiger partial charge is 0.330 e. The summed E-state index contributed by atoms with van der Waals surface area (Å²) in [6.45, 7) is 0.781. The van der Waals surface area contributed by atoms with Crippen LogP contribution in [0.3, 0.4) is 0 Å². The number of thioether (sulfide) groups is 1. The van der Waals surface area contributed by atoms with E-state index in [9.17, 15) is 4.79 Å². The molecule has 19 heavy (non-hydrogen) atoms. The molecular weight excluding hydrogens is 286 g/mol. The van der Waals surface area contributed by atoms with Gasteiger partial charge < -0.3 is 11.1 Å². The van der Waals surface area contributed by atoms with Crippen molar-refractivity contribution in [2.24, 2.45) is 5.73 Å². The lowest BCUT2D eigenvalue weighted by molar-refractivity contribution is 0.211. The summed E-state index contributed by atoms with van der Waals surface area (Å²) in [5.74, 6) is 0.563. The molecule has 6 nitrogen and oxygen atoms in total. The first-order chi connectivity index (χ1) is 9.20. The third-order valence-corrected chi connectivity index (χ3v) is 3.89. The molecule has 0 aromatic carbocycles. The summed E-state index contributed by atoms with van der Waals surface area (Å²) in [5.41, 5.74) is 5.52. The summed E-state index contributed by atoms with van der Waals surface area (Å²) in [4.78, 5) is 21.7. The Labute approximate surface area is 120 Å². The van der Waals surface area contributed by atoms with E-state index in [1.165, 1.54) is 11.8 Å². The zero-order chi connectivity index (χ0) is 13.7. The van der Waals surface area contributed by atoms with Gasteiger partial charge in [-0.2, -0.15) is 0 Å². The Morgan fingerprint density at radius 2 is 2.26 bits per heavy atom. The van der Waals surface area contributed by atoms with Crippen molar-refractivity contribution in [3.8, 4) is 0 Å². The molecule has 2 amide bonds. The van der Waals surface area contributed by atoms with Gasteiger partial charge in [0.05, 0.1) is 16.3 Å². The van der Waals surface area contributed by atoms with Gasteiger partial charge in [0, 0.05) is 18.6 Å². The Balaban J connectivity index is 1.92. The maximum absolute atomic E-state index is 12.1. The van der Waals surface area contributed by atoms with E-state index in [4.69, 9.17) is 17.3 Å². The molecule has 0 saturated heterocycles. The molecule has 1 unspecified atom stereocenters. The van der Waals surface area contributed by atoms with Crippen LogP contribution in [0.25, 0.3) is 0 Å². The first-order valence-electron chi connectivity index (χ1n) is 5.77. The van der Waals surface area contributed by atoms with E-state index in [1.54, 1.807) is 29.6 Å². The molecule has 1 aliphatic rings. The van der Waals surface area contributed by atoms with Gasteiger partial charge in [0.15, 0.2) is 0 Å². The van der Waals surface area contributed by atoms with Crippen LogP contribution in [0.1, 0.15) is 12.2 Å². The average Bonchev–Trinajstić information content (AvgIpc) is 2.79. The van der Waals surface area contributed by atoms with Gasteiger partial charge in [0.2, 0.25) is 0 Å². The second-order valence-electron chi connectivity index (χ2n) is 3.81. The number of nitrogens with two attached hydrogens (primary N) is 1. The predicted octanol–water partition coefficient (Wildman–Crippen LogP) is 1.45. The molecule has 3 N–H and O–H groups in total. The highest BCUT2D eigenvalue weighted by molar-refractivity contribution is 8.05. The van der Waals surface area contributed by atoms with Gasteiger partial charge >= 0.3 is 6.03 Å². The number of halogens is 1. The molecule has 0 spiro atoms. The SMILES string of the molecule is NCCC1SC(Cl)=CN1C(=O)NCc1ncccn1. The summed E-state index contributed by atoms with van der Waals surface area (Å²) in [6, 6.07) is 1.50. The molecule has 1 aliphatic heterocycles. The average molecular weight is 300 g/mol. The van der Waals surface area contributed by atoms with E-state index in [0.717, 1.165) is 0 Å². The molecule has 0 bridgehead atoms. The highest BCUT2D eigenvalue weighted by Crippen LogP contribution is 2.36. The van der Waals surface area contributed by atoms with E-state index in [2.05, 4.69) is 15.3 Å². The Kier molecular flexibility index (Phi) is 5.00. The van der Waals surface area contributed by atoms with Crippen molar-refractivity contribution in [3.05, 3.63) is 34.8 Å². The van der Waals surface area contributed by atoms with Crippen LogP contribution in [0.5, 0.6) is 0 Å². The molecule has 0 radical (unpaired) electrons. The molecule has 2 heterocycles. The van der Waals surface area contributed by atoms with Crippen LogP contribution in [0, 0.1) is 0 Å². The van der Waals surface area contributed by atoms with Crippen molar-refractivity contribution < 1.29 is 4.79 Å². The third-order valence-electron chi connectivity index (χ3n) is 2.46. The normalized spacial score (nSPS) is 18.3. The first-order valence-corrected chi connectivity index (χ1v) is 7.02. The van der Waals surface area contributed by atoms with Gasteiger partial charge in [-0.1, -0.05) is 23.4 Å². The summed E-state index contributed by atoms with van der Waals surface area (Å²) >= 11 is 7.36. The maximum atomic E-state index is 12.1. The topological polar surface area (TPSA) is 84.1 Å². The summed E-state index contributed by atoms with van der Waals surface area (Å²) in [5, 5.41) is 2.71. The van der Waals surface area contributed by atoms with Crippen molar-refractivity contribution in [3.63, 3.8) is 0 Å². The van der Waals surface area contributed by atoms with Crippen molar-refractivity contribution in [2.75, 3.05) is 6.54 Å². The number of aromatic nitrogens is 2. The lowest BCUT2D eigenvalue weighted by Gasteiger charge is -2.22. The Bertz CT molecular complexity index is 469. The highest BCUT2D eigenvalue weighted by atomic mass is 35.5. The molecule has 0 fully saturated rings. The number of hydrogen-bond donors (Lipinski definition) is 2. The van der Waals surface area contributed by atoms with E-state index in [-0.39, 0.29) is 17.9 Å². The molecule has 1 atom stereocenters. The van der Waals surface area contributed by atoms with Crippen molar-refractivity contribution >= 4 is 29.4 Å². The molecule has 0 aliphatic carbocycles. The van der Waals surface area contributed by atoms with Crippen LogP contribution >= 0.6 is 23.4 Å². The first kappa shape index (κ1) is 14.1. The minimum atomic E-state index is -0.228. The second kappa shape index (κ2) is 6.74. The number of urea groups is 1. The molecule has 0 saturated carbocycles. The molecule has 1 aromatic rings. The van der Waals surface area contributed by atoms with Crippen LogP contribution < -0.4 is 11.1 Å². The number of carbonyl (C=O) groups is 1. The Hall–Kier alpha value is -1.31. The number of carbonyl (C=O) groups excluding carboxylic acids is 1. The maximum Gasteiger partial charge on any atom is 0.322 e. The summed E-state index contributed by atoms with van der Waals surface area (Å²) < 4.78 is 0.588. The quantitative estimate of drug-likeness (QED) is 0.879. The van der Waals surface area contributed by atoms with E-state index in [0.29, 0.717) is 23.2 Å². The van der Waals surface area contributed by atoms with Crippen LogP contribution in [-0.4, -0.2) is 32.8 Å². The minimum absolute atomic E-state index is 0.0470. The van der Waals surface area contributed by atoms with Gasteiger partial charge in [-0.15, -0.1) is 0 Å². The molecule has 2 rings (SSSR count). The molecule has 8 heteroatoms. The number of amides is 2. The van der Waals surface area contributed by atoms with Gasteiger partial charge in [0.25, 0.3) is 0 Å². The number of rotatable bonds is 4. The highest BCUT2D eigenvalue weighted by Gasteiger charge is 2.28. The Morgan fingerprint density at radius 3 is 2.95 bits per heavy atom. The standard InChI is InChI=1S/C11H14ClN5OS/c12-8-7-17(10(19-8)2-3-13)11(18)16-6-9-14-4-1-5-15-9/h1,4-5,7,10H,2-3,6,13H2,(H,16,18). The lowest BCUT2D eigenvalue weighted by Crippen LogP contribution is -2.40. The van der Waals surface area contributed by atoms with Crippen LogP contribution in [0.2, 0.25) is 0 Å². The number of nitrogens with one attached hydrogen (secondary N) is 1. The summed E-state index contributed by atoms with van der Waals surface area (Å²) in [6.07, 6.45) is 5.57. The second-order valence-corrected chi connectivity index (χ2v) is 5.67. The van der Waals surface area contributed by atoms with Gasteiger partial charge in [0.1, 0.15) is 5.82 Å². The Morgan fingerprint density at radius 1 is 1.53 bits per heavy atom. The summed E-state index contributed by atoms with van der Waals surface area (Å²) in [7, 11) is 0. The van der Waals surface area contributed by atoms with Gasteiger partial charge in [-0.05, 0) is 19.0 Å². The lowest BCUT2D eigenvalue weighted by atomic mass is 10.4. The van der Waals surface area contributed by atoms with Crippen LogP contribution in [-0.2, 0) is 6.54 Å². The molecule has 102 valence electrons. The zero-order valence-corrected chi connectivity index (χ0v) is 11.7. The van der Waals surface area contributed by atoms with Crippen molar-refractivity contribution in [1.29, 1.82) is 0 Å². The van der Waals surface area contributed by atoms with Gasteiger partial charge in [-0.25, -0.2) is 14.8 Å². The number of hydrogen-bond acceptors (Lipinski definition) is 5. The monoisotopic (exact) mass is 299 g/mol.